The molecule has 2 aromatic rings. The van der Waals surface area contributed by atoms with Gasteiger partial charge >= 0.3 is 0 Å². The normalized spacial score (nSPS) is 16.2. The molecule has 1 atom stereocenters. The Hall–Kier alpha value is -3.15. The third-order valence-electron chi connectivity index (χ3n) is 5.05. The molecule has 29 heavy (non-hydrogen) atoms. The molecular weight excluding hydrogens is 366 g/mol. The number of carbonyl (C=O) groups excluding carboxylic acids is 3. The summed E-state index contributed by atoms with van der Waals surface area (Å²) in [6, 6.07) is 15.8. The van der Waals surface area contributed by atoms with Crippen LogP contribution in [-0.4, -0.2) is 42.3 Å². The molecule has 0 saturated carbocycles. The van der Waals surface area contributed by atoms with E-state index in [2.05, 4.69) is 10.6 Å². The summed E-state index contributed by atoms with van der Waals surface area (Å²) in [7, 11) is 0. The van der Waals surface area contributed by atoms with Gasteiger partial charge < -0.3 is 15.5 Å². The van der Waals surface area contributed by atoms with Crippen molar-refractivity contribution in [3.05, 3.63) is 65.7 Å². The number of nitrogens with zero attached hydrogens (tertiary/aromatic N) is 1. The minimum atomic E-state index is -0.193. The quantitative estimate of drug-likeness (QED) is 0.790. The van der Waals surface area contributed by atoms with Crippen molar-refractivity contribution in [2.45, 2.75) is 26.2 Å². The molecule has 0 unspecified atom stereocenters. The number of piperidine rings is 1. The van der Waals surface area contributed by atoms with Crippen molar-refractivity contribution in [2.24, 2.45) is 5.92 Å². The first-order valence-electron chi connectivity index (χ1n) is 10.1. The topological polar surface area (TPSA) is 78.5 Å². The van der Waals surface area contributed by atoms with Crippen LogP contribution in [-0.2, 0) is 4.79 Å². The van der Waals surface area contributed by atoms with E-state index in [0.717, 1.165) is 19.3 Å². The Balaban J connectivity index is 1.59. The Kier molecular flexibility index (Phi) is 7.00. The first kappa shape index (κ1) is 20.6. The smallest absolute Gasteiger partial charge is 0.255 e. The minimum Gasteiger partial charge on any atom is -0.356 e. The van der Waals surface area contributed by atoms with Gasteiger partial charge in [-0.1, -0.05) is 25.1 Å². The number of likely N-dealkylation sites (tertiary alicyclic amines) is 1. The molecule has 3 rings (SSSR count). The Labute approximate surface area is 171 Å². The molecule has 2 N–H and O–H groups in total. The summed E-state index contributed by atoms with van der Waals surface area (Å²) in [5.41, 5.74) is 1.76. The molecule has 6 nitrogen and oxygen atoms in total. The first-order valence-corrected chi connectivity index (χ1v) is 10.1. The van der Waals surface area contributed by atoms with Gasteiger partial charge in [0, 0.05) is 36.4 Å². The third-order valence-corrected chi connectivity index (χ3v) is 5.05. The lowest BCUT2D eigenvalue weighted by Gasteiger charge is -2.32. The summed E-state index contributed by atoms with van der Waals surface area (Å²) in [6.45, 7) is 3.78. The van der Waals surface area contributed by atoms with E-state index >= 15 is 0 Å². The molecule has 6 heteroatoms. The average Bonchev–Trinajstić information content (AvgIpc) is 2.78. The summed E-state index contributed by atoms with van der Waals surface area (Å²) < 4.78 is 0. The van der Waals surface area contributed by atoms with Crippen LogP contribution >= 0.6 is 0 Å². The van der Waals surface area contributed by atoms with Crippen LogP contribution in [0.3, 0.4) is 0 Å². The fraction of sp³-hybridized carbons (Fsp3) is 0.348. The van der Waals surface area contributed by atoms with Gasteiger partial charge in [-0.15, -0.1) is 0 Å². The summed E-state index contributed by atoms with van der Waals surface area (Å²) >= 11 is 0. The maximum atomic E-state index is 12.8. The Bertz CT molecular complexity index is 849. The molecule has 1 fully saturated rings. The zero-order valence-electron chi connectivity index (χ0n) is 16.7. The van der Waals surface area contributed by atoms with Crippen LogP contribution in [0.1, 0.15) is 46.9 Å². The number of nitrogens with one attached hydrogen (secondary N) is 2. The lowest BCUT2D eigenvalue weighted by molar-refractivity contribution is -0.126. The maximum absolute atomic E-state index is 12.8. The van der Waals surface area contributed by atoms with Crippen LogP contribution < -0.4 is 10.6 Å². The van der Waals surface area contributed by atoms with Gasteiger partial charge in [0.1, 0.15) is 0 Å². The van der Waals surface area contributed by atoms with Crippen LogP contribution in [0.25, 0.3) is 0 Å². The van der Waals surface area contributed by atoms with E-state index in [-0.39, 0.29) is 23.6 Å². The zero-order chi connectivity index (χ0) is 20.6. The highest BCUT2D eigenvalue weighted by Gasteiger charge is 2.28. The second-order valence-electron chi connectivity index (χ2n) is 7.28. The summed E-state index contributed by atoms with van der Waals surface area (Å²) in [4.78, 5) is 39.1. The molecule has 1 heterocycles. The molecular formula is C23H27N3O3. The molecule has 0 radical (unpaired) electrons. The van der Waals surface area contributed by atoms with E-state index in [4.69, 9.17) is 0 Å². The first-order chi connectivity index (χ1) is 14.1. The van der Waals surface area contributed by atoms with Crippen molar-refractivity contribution >= 4 is 23.4 Å². The van der Waals surface area contributed by atoms with Crippen molar-refractivity contribution in [1.29, 1.82) is 0 Å². The Morgan fingerprint density at radius 2 is 1.72 bits per heavy atom. The number of hydrogen-bond donors (Lipinski definition) is 2. The van der Waals surface area contributed by atoms with Gasteiger partial charge in [-0.3, -0.25) is 14.4 Å². The largest absolute Gasteiger partial charge is 0.356 e. The van der Waals surface area contributed by atoms with E-state index in [0.29, 0.717) is 36.4 Å². The van der Waals surface area contributed by atoms with Crippen LogP contribution in [0.4, 0.5) is 5.69 Å². The van der Waals surface area contributed by atoms with Gasteiger partial charge in [-0.25, -0.2) is 0 Å². The number of benzene rings is 2. The van der Waals surface area contributed by atoms with Gasteiger partial charge in [0.25, 0.3) is 11.8 Å². The van der Waals surface area contributed by atoms with E-state index in [9.17, 15) is 14.4 Å². The number of carbonyl (C=O) groups is 3. The fourth-order valence-electron chi connectivity index (χ4n) is 3.44. The Morgan fingerprint density at radius 3 is 2.41 bits per heavy atom. The lowest BCUT2D eigenvalue weighted by Crippen LogP contribution is -2.45. The maximum Gasteiger partial charge on any atom is 0.255 e. The van der Waals surface area contributed by atoms with Gasteiger partial charge in [0.05, 0.1) is 5.92 Å². The molecule has 0 spiro atoms. The molecule has 152 valence electrons. The average molecular weight is 393 g/mol. The highest BCUT2D eigenvalue weighted by molar-refractivity contribution is 6.04. The second kappa shape index (κ2) is 9.87. The number of anilines is 1. The summed E-state index contributed by atoms with van der Waals surface area (Å²) in [5.74, 6) is -0.396. The highest BCUT2D eigenvalue weighted by Crippen LogP contribution is 2.20. The number of hydrogen-bond acceptors (Lipinski definition) is 3. The zero-order valence-corrected chi connectivity index (χ0v) is 16.7. The van der Waals surface area contributed by atoms with Crippen LogP contribution in [0, 0.1) is 5.92 Å². The van der Waals surface area contributed by atoms with Gasteiger partial charge in [-0.05, 0) is 55.7 Å². The van der Waals surface area contributed by atoms with Gasteiger partial charge in [0.2, 0.25) is 5.91 Å². The van der Waals surface area contributed by atoms with Crippen molar-refractivity contribution < 1.29 is 14.4 Å². The monoisotopic (exact) mass is 393 g/mol. The molecule has 3 amide bonds. The van der Waals surface area contributed by atoms with Crippen molar-refractivity contribution in [2.75, 3.05) is 25.0 Å². The second-order valence-corrected chi connectivity index (χ2v) is 7.28. The molecule has 0 aliphatic carbocycles. The van der Waals surface area contributed by atoms with Crippen LogP contribution in [0.5, 0.6) is 0 Å². The highest BCUT2D eigenvalue weighted by atomic mass is 16.2. The number of amides is 3. The van der Waals surface area contributed by atoms with E-state index in [1.165, 1.54) is 0 Å². The van der Waals surface area contributed by atoms with Crippen molar-refractivity contribution in [1.82, 2.24) is 10.2 Å². The predicted octanol–water partition coefficient (Wildman–Crippen LogP) is 3.32. The third kappa shape index (κ3) is 5.44. The number of rotatable bonds is 6. The Morgan fingerprint density at radius 1 is 1.00 bits per heavy atom. The van der Waals surface area contributed by atoms with Crippen molar-refractivity contribution in [3.63, 3.8) is 0 Å². The van der Waals surface area contributed by atoms with Crippen LogP contribution in [0.15, 0.2) is 54.6 Å². The molecule has 2 aromatic carbocycles. The minimum absolute atomic E-state index is 0.0309. The van der Waals surface area contributed by atoms with E-state index < -0.39 is 0 Å². The van der Waals surface area contributed by atoms with Crippen molar-refractivity contribution in [3.8, 4) is 0 Å². The van der Waals surface area contributed by atoms with Gasteiger partial charge in [-0.2, -0.15) is 0 Å². The molecule has 1 aliphatic heterocycles. The van der Waals surface area contributed by atoms with E-state index in [1.807, 2.05) is 25.1 Å². The lowest BCUT2D eigenvalue weighted by atomic mass is 9.96. The molecule has 1 saturated heterocycles. The summed E-state index contributed by atoms with van der Waals surface area (Å²) in [6.07, 6.45) is 2.53. The molecule has 0 bridgehead atoms. The molecule has 1 aliphatic rings. The van der Waals surface area contributed by atoms with Crippen LogP contribution in [0.2, 0.25) is 0 Å². The standard InChI is InChI=1S/C23H27N3O3/c1-2-14-24-21(27)19-9-6-15-26(16-19)23(29)18-10-12-20(13-11-18)25-22(28)17-7-4-3-5-8-17/h3-5,7-8,10-13,19H,2,6,9,14-16H2,1H3,(H,24,27)(H,25,28)/t19-/m1/s1. The van der Waals surface area contributed by atoms with E-state index in [1.54, 1.807) is 41.3 Å². The molecule has 0 aromatic heterocycles. The SMILES string of the molecule is CCCNC(=O)[C@@H]1CCCN(C(=O)c2ccc(NC(=O)c3ccccc3)cc2)C1. The predicted molar refractivity (Wildman–Crippen MR) is 113 cm³/mol. The van der Waals surface area contributed by atoms with Gasteiger partial charge in [0.15, 0.2) is 0 Å². The summed E-state index contributed by atoms with van der Waals surface area (Å²) in [5, 5.41) is 5.75. The fourth-order valence-corrected chi connectivity index (χ4v) is 3.44.